The van der Waals surface area contributed by atoms with Crippen molar-refractivity contribution in [2.45, 2.75) is 18.4 Å². The lowest BCUT2D eigenvalue weighted by atomic mass is 9.85. The van der Waals surface area contributed by atoms with Crippen LogP contribution in [0, 0.1) is 0 Å². The van der Waals surface area contributed by atoms with E-state index in [1.165, 1.54) is 0 Å². The molecule has 2 amide bonds. The van der Waals surface area contributed by atoms with Crippen LogP contribution in [0.2, 0.25) is 0 Å². The molecular weight excluding hydrogens is 468 g/mol. The number of anilines is 1. The highest BCUT2D eigenvalue weighted by Crippen LogP contribution is 2.40. The number of rotatable bonds is 5. The summed E-state index contributed by atoms with van der Waals surface area (Å²) in [6.45, 7) is 8.58. The van der Waals surface area contributed by atoms with E-state index in [4.69, 9.17) is 4.74 Å². The van der Waals surface area contributed by atoms with E-state index in [1.807, 2.05) is 42.6 Å². The minimum absolute atomic E-state index is 0.0119. The monoisotopic (exact) mass is 500 g/mol. The number of aromatic amines is 1. The Bertz CT molecular complexity index is 1310. The number of fused-ring (bicyclic) bond motifs is 1. The van der Waals surface area contributed by atoms with Crippen molar-refractivity contribution in [3.63, 3.8) is 0 Å². The van der Waals surface area contributed by atoms with Crippen LogP contribution in [0.4, 0.5) is 5.69 Å². The first-order valence-corrected chi connectivity index (χ1v) is 12.9. The number of aromatic nitrogens is 2. The fraction of sp³-hybridized carbons (Fsp3) is 0.393. The van der Waals surface area contributed by atoms with Gasteiger partial charge in [0.25, 0.3) is 5.91 Å². The zero-order valence-corrected chi connectivity index (χ0v) is 20.9. The minimum atomic E-state index is -0.669. The second-order valence-corrected chi connectivity index (χ2v) is 10.0. The van der Waals surface area contributed by atoms with Crippen LogP contribution in [0.15, 0.2) is 61.3 Å². The van der Waals surface area contributed by atoms with Gasteiger partial charge in [-0.3, -0.25) is 14.7 Å². The van der Waals surface area contributed by atoms with Gasteiger partial charge in [0.1, 0.15) is 12.1 Å². The zero-order chi connectivity index (χ0) is 25.4. The van der Waals surface area contributed by atoms with Crippen molar-refractivity contribution in [1.29, 1.82) is 0 Å². The van der Waals surface area contributed by atoms with Gasteiger partial charge in [0.15, 0.2) is 0 Å². The van der Waals surface area contributed by atoms with Crippen LogP contribution >= 0.6 is 0 Å². The Hall–Kier alpha value is -3.85. The number of piperidine rings is 1. The molecule has 1 aromatic heterocycles. The van der Waals surface area contributed by atoms with E-state index in [0.29, 0.717) is 58.9 Å². The van der Waals surface area contributed by atoms with Gasteiger partial charge in [-0.25, -0.2) is 0 Å². The third-order valence-corrected chi connectivity index (χ3v) is 8.02. The Morgan fingerprint density at radius 1 is 1.03 bits per heavy atom. The molecule has 9 heteroatoms. The van der Waals surface area contributed by atoms with Gasteiger partial charge >= 0.3 is 0 Å². The lowest BCUT2D eigenvalue weighted by Gasteiger charge is -2.44. The van der Waals surface area contributed by atoms with Gasteiger partial charge in [-0.15, -0.1) is 0 Å². The summed E-state index contributed by atoms with van der Waals surface area (Å²) in [4.78, 5) is 35.0. The molecule has 2 aromatic carbocycles. The van der Waals surface area contributed by atoms with Crippen molar-refractivity contribution in [2.24, 2.45) is 0 Å². The normalized spacial score (nSPS) is 19.7. The molecule has 0 atom stereocenters. The van der Waals surface area contributed by atoms with E-state index in [2.05, 4.69) is 38.7 Å². The van der Waals surface area contributed by atoms with Crippen LogP contribution in [-0.2, 0) is 14.3 Å². The third-order valence-electron chi connectivity index (χ3n) is 8.02. The average Bonchev–Trinajstić information content (AvgIpc) is 3.52. The zero-order valence-electron chi connectivity index (χ0n) is 20.9. The average molecular weight is 501 g/mol. The first-order valence-electron chi connectivity index (χ1n) is 12.9. The highest BCUT2D eigenvalue weighted by molar-refractivity contribution is 5.96. The van der Waals surface area contributed by atoms with E-state index in [1.54, 1.807) is 9.80 Å². The van der Waals surface area contributed by atoms with E-state index in [0.717, 1.165) is 27.9 Å². The van der Waals surface area contributed by atoms with Crippen molar-refractivity contribution < 1.29 is 14.3 Å². The number of para-hydroxylation sites is 1. The summed E-state index contributed by atoms with van der Waals surface area (Å²) >= 11 is 0. The van der Waals surface area contributed by atoms with Crippen molar-refractivity contribution in [3.05, 3.63) is 66.9 Å². The molecule has 0 aliphatic carbocycles. The number of morpholine rings is 1. The van der Waals surface area contributed by atoms with Gasteiger partial charge in [0.2, 0.25) is 5.91 Å². The van der Waals surface area contributed by atoms with E-state index in [-0.39, 0.29) is 18.4 Å². The summed E-state index contributed by atoms with van der Waals surface area (Å²) in [5, 5.41) is 8.15. The Balaban J connectivity index is 1.21. The van der Waals surface area contributed by atoms with Crippen LogP contribution in [0.3, 0.4) is 0 Å². The molecule has 1 spiro atoms. The van der Waals surface area contributed by atoms with Crippen molar-refractivity contribution >= 4 is 34.1 Å². The van der Waals surface area contributed by atoms with Gasteiger partial charge in [-0.05, 0) is 42.7 Å². The van der Waals surface area contributed by atoms with Gasteiger partial charge in [0, 0.05) is 42.9 Å². The number of nitrogens with zero attached hydrogens (tertiary/aromatic N) is 5. The number of carbonyl (C=O) groups is 2. The summed E-state index contributed by atoms with van der Waals surface area (Å²) in [6.07, 6.45) is 3.14. The Morgan fingerprint density at radius 3 is 2.54 bits per heavy atom. The number of amides is 2. The summed E-state index contributed by atoms with van der Waals surface area (Å²) in [6, 6.07) is 16.3. The number of hydrogen-bond donors (Lipinski definition) is 1. The van der Waals surface area contributed by atoms with Crippen LogP contribution in [0.1, 0.15) is 18.4 Å². The van der Waals surface area contributed by atoms with Gasteiger partial charge in [0.05, 0.1) is 31.6 Å². The molecule has 0 radical (unpaired) electrons. The second kappa shape index (κ2) is 9.55. The molecule has 0 bridgehead atoms. The highest BCUT2D eigenvalue weighted by atomic mass is 16.5. The molecule has 4 heterocycles. The van der Waals surface area contributed by atoms with Crippen molar-refractivity contribution in [2.75, 3.05) is 57.5 Å². The quantitative estimate of drug-likeness (QED) is 0.580. The van der Waals surface area contributed by atoms with Crippen LogP contribution in [0.5, 0.6) is 0 Å². The smallest absolute Gasteiger partial charge is 0.250 e. The lowest BCUT2D eigenvalue weighted by molar-refractivity contribution is -0.143. The fourth-order valence-corrected chi connectivity index (χ4v) is 5.85. The maximum Gasteiger partial charge on any atom is 0.250 e. The summed E-state index contributed by atoms with van der Waals surface area (Å²) in [5.74, 6) is 0.0326. The SMILES string of the molecule is C=C(c1ccc2[nH]ncc2c1)N1CCC2(CC1)C(=O)N(CC(=O)N1CCOCC1)CN2c1ccccc1. The molecule has 0 saturated carbocycles. The molecule has 3 fully saturated rings. The number of nitrogens with one attached hydrogen (secondary N) is 1. The molecule has 1 N–H and O–H groups in total. The van der Waals surface area contributed by atoms with E-state index >= 15 is 0 Å². The Labute approximate surface area is 216 Å². The molecular formula is C28H32N6O3. The number of hydrogen-bond acceptors (Lipinski definition) is 6. The van der Waals surface area contributed by atoms with Crippen LogP contribution in [0.25, 0.3) is 16.6 Å². The van der Waals surface area contributed by atoms with Gasteiger partial charge < -0.3 is 24.3 Å². The Kier molecular flexibility index (Phi) is 6.08. The standard InChI is InChI=1S/C28H32N6O3/c1-21(22-7-8-25-23(17-22)18-29-30-25)31-11-9-28(10-12-31)27(36)33(19-26(35)32-13-15-37-16-14-32)20-34(28)24-5-3-2-4-6-24/h2-8,17-18H,1,9-16,19-20H2,(H,29,30). The summed E-state index contributed by atoms with van der Waals surface area (Å²) < 4.78 is 5.39. The fourth-order valence-electron chi connectivity index (χ4n) is 5.85. The summed E-state index contributed by atoms with van der Waals surface area (Å²) in [5.41, 5.74) is 3.35. The largest absolute Gasteiger partial charge is 0.378 e. The molecule has 3 saturated heterocycles. The van der Waals surface area contributed by atoms with Gasteiger partial charge in [-0.1, -0.05) is 30.8 Å². The lowest BCUT2D eigenvalue weighted by Crippen LogP contribution is -2.56. The first-order chi connectivity index (χ1) is 18.0. The molecule has 9 nitrogen and oxygen atoms in total. The topological polar surface area (TPSA) is 85.0 Å². The minimum Gasteiger partial charge on any atom is -0.378 e. The molecule has 3 aliphatic rings. The molecule has 192 valence electrons. The predicted octanol–water partition coefficient (Wildman–Crippen LogP) is 2.53. The maximum absolute atomic E-state index is 14.0. The van der Waals surface area contributed by atoms with Crippen LogP contribution in [-0.4, -0.2) is 94.9 Å². The molecule has 0 unspecified atom stereocenters. The van der Waals surface area contributed by atoms with Crippen molar-refractivity contribution in [1.82, 2.24) is 24.9 Å². The number of benzene rings is 2. The molecule has 37 heavy (non-hydrogen) atoms. The molecule has 6 rings (SSSR count). The number of H-pyrrole nitrogens is 1. The van der Waals surface area contributed by atoms with E-state index < -0.39 is 5.54 Å². The first kappa shape index (κ1) is 23.5. The second-order valence-electron chi connectivity index (χ2n) is 10.0. The number of carbonyl (C=O) groups excluding carboxylic acids is 2. The van der Waals surface area contributed by atoms with Crippen molar-refractivity contribution in [3.8, 4) is 0 Å². The third kappa shape index (κ3) is 4.23. The van der Waals surface area contributed by atoms with Crippen LogP contribution < -0.4 is 4.90 Å². The summed E-state index contributed by atoms with van der Waals surface area (Å²) in [7, 11) is 0. The number of likely N-dealkylation sites (tertiary alicyclic amines) is 1. The Morgan fingerprint density at radius 2 is 1.78 bits per heavy atom. The van der Waals surface area contributed by atoms with E-state index in [9.17, 15) is 9.59 Å². The predicted molar refractivity (Wildman–Crippen MR) is 142 cm³/mol. The molecule has 3 aromatic rings. The number of ether oxygens (including phenoxy) is 1. The van der Waals surface area contributed by atoms with Gasteiger partial charge in [-0.2, -0.15) is 5.10 Å². The molecule has 3 aliphatic heterocycles. The maximum atomic E-state index is 14.0. The highest BCUT2D eigenvalue weighted by Gasteiger charge is 2.54.